The van der Waals surface area contributed by atoms with Crippen LogP contribution in [-0.4, -0.2) is 22.4 Å². The zero-order chi connectivity index (χ0) is 13.5. The fourth-order valence-electron chi connectivity index (χ4n) is 2.23. The molecule has 2 rings (SSSR count). The second-order valence-electron chi connectivity index (χ2n) is 5.06. The van der Waals surface area contributed by atoms with Gasteiger partial charge in [-0.05, 0) is 37.4 Å². The molecule has 0 spiro atoms. The van der Waals surface area contributed by atoms with Crippen LogP contribution in [0.2, 0.25) is 0 Å². The fourth-order valence-corrected chi connectivity index (χ4v) is 2.23. The molecular weight excluding hydrogens is 234 g/mol. The maximum atomic E-state index is 4.20. The highest BCUT2D eigenvalue weighted by Crippen LogP contribution is 2.18. The van der Waals surface area contributed by atoms with Crippen molar-refractivity contribution in [1.29, 1.82) is 0 Å². The Morgan fingerprint density at radius 3 is 2.63 bits per heavy atom. The maximum absolute atomic E-state index is 4.20. The molecule has 0 saturated carbocycles. The highest BCUT2D eigenvalue weighted by molar-refractivity contribution is 5.20. The Labute approximate surface area is 115 Å². The molecule has 0 fully saturated rings. The van der Waals surface area contributed by atoms with Gasteiger partial charge in [0.15, 0.2) is 0 Å². The van der Waals surface area contributed by atoms with Crippen molar-refractivity contribution in [3.63, 3.8) is 0 Å². The Morgan fingerprint density at radius 2 is 1.95 bits per heavy atom. The minimum Gasteiger partial charge on any atom is -0.314 e. The lowest BCUT2D eigenvalue weighted by Gasteiger charge is -2.21. The van der Waals surface area contributed by atoms with Crippen LogP contribution < -0.4 is 5.32 Å². The molecule has 0 saturated heterocycles. The number of hydrogen-bond acceptors (Lipinski definition) is 2. The third-order valence-electron chi connectivity index (χ3n) is 3.66. The van der Waals surface area contributed by atoms with Gasteiger partial charge >= 0.3 is 0 Å². The van der Waals surface area contributed by atoms with E-state index in [1.54, 1.807) is 0 Å². The van der Waals surface area contributed by atoms with Crippen LogP contribution in [0.1, 0.15) is 31.7 Å². The van der Waals surface area contributed by atoms with Crippen molar-refractivity contribution in [3.8, 4) is 0 Å². The molecule has 19 heavy (non-hydrogen) atoms. The quantitative estimate of drug-likeness (QED) is 0.773. The summed E-state index contributed by atoms with van der Waals surface area (Å²) < 4.78 is 1.98. The van der Waals surface area contributed by atoms with Crippen molar-refractivity contribution < 1.29 is 0 Å². The first kappa shape index (κ1) is 13.8. The molecule has 3 heteroatoms. The van der Waals surface area contributed by atoms with E-state index in [9.17, 15) is 0 Å². The van der Waals surface area contributed by atoms with Gasteiger partial charge in [0.1, 0.15) is 0 Å². The topological polar surface area (TPSA) is 29.9 Å². The summed E-state index contributed by atoms with van der Waals surface area (Å²) in [6.45, 7) is 6.54. The van der Waals surface area contributed by atoms with Crippen LogP contribution >= 0.6 is 0 Å². The number of benzene rings is 1. The minimum atomic E-state index is 0.486. The highest BCUT2D eigenvalue weighted by Gasteiger charge is 2.12. The highest BCUT2D eigenvalue weighted by atomic mass is 15.3. The average Bonchev–Trinajstić information content (AvgIpc) is 2.96. The smallest absolute Gasteiger partial charge is 0.0489 e. The number of aromatic nitrogens is 2. The Hall–Kier alpha value is -1.61. The van der Waals surface area contributed by atoms with Crippen molar-refractivity contribution in [2.24, 2.45) is 0 Å². The zero-order valence-electron chi connectivity index (χ0n) is 11.8. The van der Waals surface area contributed by atoms with E-state index in [0.29, 0.717) is 12.0 Å². The third-order valence-corrected chi connectivity index (χ3v) is 3.66. The molecule has 1 aromatic heterocycles. The van der Waals surface area contributed by atoms with Gasteiger partial charge < -0.3 is 5.32 Å². The Bertz CT molecular complexity index is 450. The molecule has 2 unspecified atom stereocenters. The first-order valence-corrected chi connectivity index (χ1v) is 7.03. The van der Waals surface area contributed by atoms with Gasteiger partial charge in [-0.3, -0.25) is 4.68 Å². The first-order valence-electron chi connectivity index (χ1n) is 7.03. The van der Waals surface area contributed by atoms with Gasteiger partial charge in [0, 0.05) is 25.0 Å². The summed E-state index contributed by atoms with van der Waals surface area (Å²) in [5.74, 6) is 0.533. The second kappa shape index (κ2) is 7.10. The normalized spacial score (nSPS) is 14.2. The third kappa shape index (κ3) is 4.21. The fraction of sp³-hybridized carbons (Fsp3) is 0.438. The summed E-state index contributed by atoms with van der Waals surface area (Å²) in [5.41, 5.74) is 1.40. The Morgan fingerprint density at radius 1 is 1.16 bits per heavy atom. The van der Waals surface area contributed by atoms with E-state index in [1.165, 1.54) is 5.56 Å². The predicted molar refractivity (Wildman–Crippen MR) is 79.2 cm³/mol. The number of hydrogen-bond donors (Lipinski definition) is 1. The molecule has 0 aliphatic carbocycles. The van der Waals surface area contributed by atoms with Crippen molar-refractivity contribution in [2.75, 3.05) is 6.54 Å². The van der Waals surface area contributed by atoms with E-state index in [4.69, 9.17) is 0 Å². The SMILES string of the molecule is CC(NCCCn1cccn1)C(C)c1ccccc1. The van der Waals surface area contributed by atoms with E-state index in [0.717, 1.165) is 19.5 Å². The maximum Gasteiger partial charge on any atom is 0.0489 e. The van der Waals surface area contributed by atoms with E-state index < -0.39 is 0 Å². The van der Waals surface area contributed by atoms with Crippen molar-refractivity contribution in [1.82, 2.24) is 15.1 Å². The summed E-state index contributed by atoms with van der Waals surface area (Å²) in [6, 6.07) is 13.1. The molecular formula is C16H23N3. The second-order valence-corrected chi connectivity index (χ2v) is 5.06. The standard InChI is InChI=1S/C16H23N3/c1-14(16-8-4-3-5-9-16)15(2)17-10-6-12-19-13-7-11-18-19/h3-5,7-9,11,13-15,17H,6,10,12H2,1-2H3. The number of nitrogens with zero attached hydrogens (tertiary/aromatic N) is 2. The summed E-state index contributed by atoms with van der Waals surface area (Å²) in [4.78, 5) is 0. The summed E-state index contributed by atoms with van der Waals surface area (Å²) in [7, 11) is 0. The monoisotopic (exact) mass is 257 g/mol. The van der Waals surface area contributed by atoms with Crippen LogP contribution in [-0.2, 0) is 6.54 Å². The van der Waals surface area contributed by atoms with Gasteiger partial charge in [-0.15, -0.1) is 0 Å². The molecule has 0 bridgehead atoms. The number of rotatable bonds is 7. The van der Waals surface area contributed by atoms with Crippen molar-refractivity contribution in [2.45, 2.75) is 38.8 Å². The van der Waals surface area contributed by atoms with Gasteiger partial charge in [0.2, 0.25) is 0 Å². The molecule has 1 heterocycles. The molecule has 0 aliphatic heterocycles. The predicted octanol–water partition coefficient (Wildman–Crippen LogP) is 3.06. The lowest BCUT2D eigenvalue weighted by molar-refractivity contribution is 0.456. The summed E-state index contributed by atoms with van der Waals surface area (Å²) >= 11 is 0. The lowest BCUT2D eigenvalue weighted by Crippen LogP contribution is -2.32. The Balaban J connectivity index is 1.70. The zero-order valence-corrected chi connectivity index (χ0v) is 11.8. The van der Waals surface area contributed by atoms with E-state index in [-0.39, 0.29) is 0 Å². The van der Waals surface area contributed by atoms with Crippen LogP contribution in [0.5, 0.6) is 0 Å². The summed E-state index contributed by atoms with van der Waals surface area (Å²) in [5, 5.41) is 7.81. The van der Waals surface area contributed by atoms with E-state index >= 15 is 0 Å². The molecule has 2 aromatic rings. The van der Waals surface area contributed by atoms with Crippen LogP contribution in [0.25, 0.3) is 0 Å². The van der Waals surface area contributed by atoms with E-state index in [1.807, 2.05) is 23.1 Å². The van der Waals surface area contributed by atoms with Crippen LogP contribution in [0.4, 0.5) is 0 Å². The summed E-state index contributed by atoms with van der Waals surface area (Å²) in [6.07, 6.45) is 4.94. The van der Waals surface area contributed by atoms with Gasteiger partial charge in [0.05, 0.1) is 0 Å². The van der Waals surface area contributed by atoms with Gasteiger partial charge in [-0.2, -0.15) is 5.10 Å². The number of aryl methyl sites for hydroxylation is 1. The molecule has 1 aromatic carbocycles. The molecule has 2 atom stereocenters. The Kier molecular flexibility index (Phi) is 5.16. The van der Waals surface area contributed by atoms with Crippen LogP contribution in [0.3, 0.4) is 0 Å². The van der Waals surface area contributed by atoms with Gasteiger partial charge in [-0.1, -0.05) is 37.3 Å². The van der Waals surface area contributed by atoms with Gasteiger partial charge in [-0.25, -0.2) is 0 Å². The van der Waals surface area contributed by atoms with Crippen molar-refractivity contribution in [3.05, 3.63) is 54.4 Å². The van der Waals surface area contributed by atoms with Crippen LogP contribution in [0, 0.1) is 0 Å². The lowest BCUT2D eigenvalue weighted by atomic mass is 9.94. The first-order chi connectivity index (χ1) is 9.27. The molecule has 3 nitrogen and oxygen atoms in total. The molecule has 102 valence electrons. The van der Waals surface area contributed by atoms with Crippen LogP contribution in [0.15, 0.2) is 48.8 Å². The molecule has 0 radical (unpaired) electrons. The number of nitrogens with one attached hydrogen (secondary N) is 1. The average molecular weight is 257 g/mol. The van der Waals surface area contributed by atoms with Gasteiger partial charge in [0.25, 0.3) is 0 Å². The van der Waals surface area contributed by atoms with E-state index in [2.05, 4.69) is 54.6 Å². The molecule has 0 aliphatic rings. The molecule has 1 N–H and O–H groups in total. The van der Waals surface area contributed by atoms with Crippen molar-refractivity contribution >= 4 is 0 Å². The minimum absolute atomic E-state index is 0.486. The molecule has 0 amide bonds. The largest absolute Gasteiger partial charge is 0.314 e.